The average molecular weight is 390 g/mol. The highest BCUT2D eigenvalue weighted by Crippen LogP contribution is 2.32. The predicted octanol–water partition coefficient (Wildman–Crippen LogP) is 5.67. The van der Waals surface area contributed by atoms with Crippen LogP contribution >= 0.6 is 11.3 Å². The van der Waals surface area contributed by atoms with Crippen molar-refractivity contribution >= 4 is 28.3 Å². The van der Waals surface area contributed by atoms with Crippen LogP contribution in [0.15, 0.2) is 63.1 Å². The molecule has 2 aromatic carbocycles. The van der Waals surface area contributed by atoms with Gasteiger partial charge in [-0.25, -0.2) is 4.79 Å². The molecule has 4 aromatic rings. The maximum absolute atomic E-state index is 13.2. The Morgan fingerprint density at radius 3 is 2.39 bits per heavy atom. The number of carbonyl (C=O) groups is 1. The number of esters is 1. The number of carbonyl (C=O) groups excluding carboxylic acids is 1. The fourth-order valence-electron chi connectivity index (χ4n) is 2.96. The number of thiophene rings is 1. The number of aryl methyl sites for hydroxylation is 3. The van der Waals surface area contributed by atoms with Crippen molar-refractivity contribution in [1.29, 1.82) is 0 Å². The predicted molar refractivity (Wildman–Crippen MR) is 111 cm³/mol. The van der Waals surface area contributed by atoms with E-state index in [9.17, 15) is 9.59 Å². The van der Waals surface area contributed by atoms with Crippen molar-refractivity contribution in [1.82, 2.24) is 0 Å². The van der Waals surface area contributed by atoms with Crippen LogP contribution in [0.3, 0.4) is 0 Å². The number of rotatable bonds is 3. The van der Waals surface area contributed by atoms with Crippen molar-refractivity contribution < 1.29 is 13.9 Å². The van der Waals surface area contributed by atoms with Crippen LogP contribution < -0.4 is 10.2 Å². The van der Waals surface area contributed by atoms with Crippen LogP contribution in [0.4, 0.5) is 0 Å². The highest BCUT2D eigenvalue weighted by atomic mass is 32.1. The van der Waals surface area contributed by atoms with Gasteiger partial charge in [-0.2, -0.15) is 0 Å². The maximum Gasteiger partial charge on any atom is 0.353 e. The van der Waals surface area contributed by atoms with Gasteiger partial charge in [0.2, 0.25) is 11.2 Å². The van der Waals surface area contributed by atoms with Gasteiger partial charge in [0.15, 0.2) is 5.76 Å². The summed E-state index contributed by atoms with van der Waals surface area (Å²) in [6.07, 6.45) is 0. The topological polar surface area (TPSA) is 56.5 Å². The lowest BCUT2D eigenvalue weighted by Gasteiger charge is -2.11. The van der Waals surface area contributed by atoms with Crippen LogP contribution in [0.1, 0.15) is 26.4 Å². The van der Waals surface area contributed by atoms with Crippen molar-refractivity contribution in [2.24, 2.45) is 0 Å². The molecule has 0 aliphatic rings. The summed E-state index contributed by atoms with van der Waals surface area (Å²) in [6, 6.07) is 14.6. The van der Waals surface area contributed by atoms with E-state index in [1.54, 1.807) is 23.6 Å². The Balaban J connectivity index is 1.96. The second-order valence-corrected chi connectivity index (χ2v) is 7.70. The third-order valence-corrected chi connectivity index (χ3v) is 5.55. The Morgan fingerprint density at radius 2 is 1.71 bits per heavy atom. The third kappa shape index (κ3) is 3.25. The first-order valence-corrected chi connectivity index (χ1v) is 9.73. The van der Waals surface area contributed by atoms with Crippen LogP contribution in [0, 0.1) is 20.8 Å². The summed E-state index contributed by atoms with van der Waals surface area (Å²) in [6.45, 7) is 5.87. The lowest BCUT2D eigenvalue weighted by Crippen LogP contribution is -2.15. The standard InChI is InChI=1S/C23H18O4S/c1-13-6-8-16(9-7-13)21-22(27-23(25)19-5-4-10-28-19)20(24)17-11-14(2)15(3)12-18(17)26-21/h4-12H,1-3H3. The molecule has 0 spiro atoms. The molecule has 0 amide bonds. The molecule has 0 fully saturated rings. The molecule has 0 radical (unpaired) electrons. The van der Waals surface area contributed by atoms with Crippen LogP contribution in [-0.2, 0) is 0 Å². The van der Waals surface area contributed by atoms with Crippen molar-refractivity contribution in [2.45, 2.75) is 20.8 Å². The van der Waals surface area contributed by atoms with E-state index in [1.165, 1.54) is 11.3 Å². The lowest BCUT2D eigenvalue weighted by atomic mass is 10.0. The highest BCUT2D eigenvalue weighted by Gasteiger charge is 2.22. The van der Waals surface area contributed by atoms with E-state index in [2.05, 4.69) is 0 Å². The molecule has 0 saturated carbocycles. The minimum atomic E-state index is -0.571. The first kappa shape index (κ1) is 18.2. The molecule has 5 heteroatoms. The van der Waals surface area contributed by atoms with Gasteiger partial charge in [0.1, 0.15) is 10.5 Å². The number of fused-ring (bicyclic) bond motifs is 1. The van der Waals surface area contributed by atoms with Crippen molar-refractivity contribution in [3.63, 3.8) is 0 Å². The van der Waals surface area contributed by atoms with Gasteiger partial charge >= 0.3 is 5.97 Å². The van der Waals surface area contributed by atoms with Gasteiger partial charge in [0.05, 0.1) is 5.39 Å². The minimum absolute atomic E-state index is 0.0852. The average Bonchev–Trinajstić information content (AvgIpc) is 3.21. The Morgan fingerprint density at radius 1 is 1.00 bits per heavy atom. The van der Waals surface area contributed by atoms with E-state index in [4.69, 9.17) is 9.15 Å². The lowest BCUT2D eigenvalue weighted by molar-refractivity contribution is 0.0736. The zero-order valence-corrected chi connectivity index (χ0v) is 16.6. The largest absolute Gasteiger partial charge is 0.452 e. The summed E-state index contributed by atoms with van der Waals surface area (Å²) in [5.74, 6) is -0.400. The SMILES string of the molecule is Cc1ccc(-c2oc3cc(C)c(C)cc3c(=O)c2OC(=O)c2cccs2)cc1. The van der Waals surface area contributed by atoms with E-state index in [-0.39, 0.29) is 16.9 Å². The molecule has 140 valence electrons. The zero-order chi connectivity index (χ0) is 19.8. The highest BCUT2D eigenvalue weighted by molar-refractivity contribution is 7.12. The molecule has 0 aliphatic heterocycles. The van der Waals surface area contributed by atoms with E-state index < -0.39 is 5.97 Å². The van der Waals surface area contributed by atoms with Gasteiger partial charge in [0.25, 0.3) is 0 Å². The number of hydrogen-bond acceptors (Lipinski definition) is 5. The van der Waals surface area contributed by atoms with Crippen LogP contribution in [0.2, 0.25) is 0 Å². The van der Waals surface area contributed by atoms with Crippen molar-refractivity contribution in [2.75, 3.05) is 0 Å². The second kappa shape index (κ2) is 7.09. The Labute approximate surface area is 166 Å². The van der Waals surface area contributed by atoms with Crippen molar-refractivity contribution in [3.8, 4) is 17.1 Å². The summed E-state index contributed by atoms with van der Waals surface area (Å²) in [5.41, 5.74) is 3.86. The van der Waals surface area contributed by atoms with Crippen molar-refractivity contribution in [3.05, 3.63) is 85.7 Å². The molecule has 0 saturated heterocycles. The maximum atomic E-state index is 13.2. The summed E-state index contributed by atoms with van der Waals surface area (Å²) in [4.78, 5) is 26.2. The molecule has 0 bridgehead atoms. The molecule has 2 heterocycles. The number of benzene rings is 2. The van der Waals surface area contributed by atoms with Crippen LogP contribution in [0.25, 0.3) is 22.3 Å². The Kier molecular flexibility index (Phi) is 4.61. The molecule has 2 aromatic heterocycles. The molecule has 0 aliphatic carbocycles. The minimum Gasteiger partial charge on any atom is -0.452 e. The summed E-state index contributed by atoms with van der Waals surface area (Å²) < 4.78 is 11.6. The molecule has 4 nitrogen and oxygen atoms in total. The van der Waals surface area contributed by atoms with Crippen LogP contribution in [0.5, 0.6) is 5.75 Å². The van der Waals surface area contributed by atoms with Crippen LogP contribution in [-0.4, -0.2) is 5.97 Å². The Bertz CT molecular complexity index is 1230. The second-order valence-electron chi connectivity index (χ2n) is 6.75. The molecule has 4 rings (SSSR count). The molecule has 0 atom stereocenters. The third-order valence-electron chi connectivity index (χ3n) is 4.70. The normalized spacial score (nSPS) is 11.0. The quantitative estimate of drug-likeness (QED) is 0.423. The zero-order valence-electron chi connectivity index (χ0n) is 15.7. The van der Waals surface area contributed by atoms with E-state index in [0.717, 1.165) is 16.7 Å². The van der Waals surface area contributed by atoms with E-state index in [0.29, 0.717) is 21.4 Å². The van der Waals surface area contributed by atoms with Gasteiger partial charge in [-0.1, -0.05) is 35.9 Å². The fraction of sp³-hybridized carbons (Fsp3) is 0.130. The van der Waals surface area contributed by atoms with Gasteiger partial charge in [-0.05, 0) is 55.5 Å². The van der Waals surface area contributed by atoms with E-state index in [1.807, 2.05) is 51.1 Å². The summed E-state index contributed by atoms with van der Waals surface area (Å²) >= 11 is 1.26. The fourth-order valence-corrected chi connectivity index (χ4v) is 3.56. The molecular weight excluding hydrogens is 372 g/mol. The first-order chi connectivity index (χ1) is 13.4. The first-order valence-electron chi connectivity index (χ1n) is 8.85. The van der Waals surface area contributed by atoms with E-state index >= 15 is 0 Å². The monoisotopic (exact) mass is 390 g/mol. The van der Waals surface area contributed by atoms with Gasteiger partial charge in [-0.3, -0.25) is 4.79 Å². The van der Waals surface area contributed by atoms with Gasteiger partial charge in [0, 0.05) is 5.56 Å². The summed E-state index contributed by atoms with van der Waals surface area (Å²) in [7, 11) is 0. The number of hydrogen-bond donors (Lipinski definition) is 0. The molecule has 0 unspecified atom stereocenters. The van der Waals surface area contributed by atoms with Gasteiger partial charge < -0.3 is 9.15 Å². The Hall–Kier alpha value is -3.18. The molecule has 0 N–H and O–H groups in total. The number of ether oxygens (including phenoxy) is 1. The molecule has 28 heavy (non-hydrogen) atoms. The molecular formula is C23H18O4S. The van der Waals surface area contributed by atoms with Gasteiger partial charge in [-0.15, -0.1) is 11.3 Å². The summed E-state index contributed by atoms with van der Waals surface area (Å²) in [5, 5.41) is 2.18. The smallest absolute Gasteiger partial charge is 0.353 e.